The number of carbonyl (C=O) groups is 1. The Hall–Kier alpha value is -1.50. The van der Waals surface area contributed by atoms with Crippen LogP contribution in [0.3, 0.4) is 0 Å². The second-order valence-corrected chi connectivity index (χ2v) is 10.3. The van der Waals surface area contributed by atoms with Crippen molar-refractivity contribution in [1.82, 2.24) is 0 Å². The lowest BCUT2D eigenvalue weighted by atomic mass is 10.1. The maximum absolute atomic E-state index is 13.4. The minimum Gasteiger partial charge on any atom is -0.325 e. The van der Waals surface area contributed by atoms with Gasteiger partial charge in [-0.05, 0) is 61.1 Å². The molecule has 1 fully saturated rings. The number of hydrogen-bond acceptors (Lipinski definition) is 4. The predicted octanol–water partition coefficient (Wildman–Crippen LogP) is 4.93. The minimum atomic E-state index is -3.83. The summed E-state index contributed by atoms with van der Waals surface area (Å²) < 4.78 is 25.3. The van der Waals surface area contributed by atoms with Gasteiger partial charge in [-0.15, -0.1) is 0 Å². The average molecular weight is 424 g/mol. The first-order valence-electron chi connectivity index (χ1n) is 8.79. The molecule has 3 rings (SSSR count). The number of sulfone groups is 1. The lowest BCUT2D eigenvalue weighted by Gasteiger charge is -2.27. The third-order valence-electron chi connectivity index (χ3n) is 4.96. The van der Waals surface area contributed by atoms with E-state index in [1.807, 2.05) is 24.5 Å². The molecule has 1 aliphatic rings. The number of halogens is 1. The zero-order valence-corrected chi connectivity index (χ0v) is 17.5. The quantitative estimate of drug-likeness (QED) is 0.715. The van der Waals surface area contributed by atoms with Gasteiger partial charge in [0, 0.05) is 16.5 Å². The average Bonchev–Trinajstić information content (AvgIpc) is 3.14. The molecule has 0 heterocycles. The van der Waals surface area contributed by atoms with Gasteiger partial charge in [-0.2, -0.15) is 11.8 Å². The third-order valence-corrected chi connectivity index (χ3v) is 8.35. The molecule has 0 unspecified atom stereocenters. The third kappa shape index (κ3) is 4.03. The largest absolute Gasteiger partial charge is 0.325 e. The van der Waals surface area contributed by atoms with Gasteiger partial charge in [-0.25, -0.2) is 8.42 Å². The number of nitrogens with one attached hydrogen (secondary N) is 1. The van der Waals surface area contributed by atoms with Crippen LogP contribution in [0, 0.1) is 0 Å². The van der Waals surface area contributed by atoms with Gasteiger partial charge in [0.15, 0.2) is 14.6 Å². The molecule has 0 radical (unpaired) electrons. The van der Waals surface area contributed by atoms with Crippen LogP contribution in [0.5, 0.6) is 0 Å². The molecule has 4 nitrogen and oxygen atoms in total. The van der Waals surface area contributed by atoms with Crippen molar-refractivity contribution in [2.24, 2.45) is 0 Å². The number of carbonyl (C=O) groups excluding carboxylic acids is 1. The number of hydrogen-bond donors (Lipinski definition) is 1. The van der Waals surface area contributed by atoms with Crippen molar-refractivity contribution < 1.29 is 13.2 Å². The fourth-order valence-corrected chi connectivity index (χ4v) is 6.26. The van der Waals surface area contributed by atoms with Gasteiger partial charge in [0.1, 0.15) is 0 Å². The Morgan fingerprint density at radius 2 is 1.81 bits per heavy atom. The molecule has 1 saturated carbocycles. The molecule has 2 aromatic carbocycles. The zero-order valence-electron chi connectivity index (χ0n) is 15.1. The lowest BCUT2D eigenvalue weighted by Crippen LogP contribution is -2.47. The van der Waals surface area contributed by atoms with Crippen LogP contribution in [-0.4, -0.2) is 25.3 Å². The van der Waals surface area contributed by atoms with E-state index in [9.17, 15) is 13.2 Å². The maximum Gasteiger partial charge on any atom is 0.246 e. The van der Waals surface area contributed by atoms with Gasteiger partial charge >= 0.3 is 0 Å². The van der Waals surface area contributed by atoms with Crippen molar-refractivity contribution in [1.29, 1.82) is 0 Å². The molecule has 0 spiro atoms. The Morgan fingerprint density at radius 1 is 1.15 bits per heavy atom. The Bertz CT molecular complexity index is 920. The van der Waals surface area contributed by atoms with E-state index in [2.05, 4.69) is 5.32 Å². The van der Waals surface area contributed by atoms with E-state index in [4.69, 9.17) is 11.6 Å². The Morgan fingerprint density at radius 3 is 2.44 bits per heavy atom. The normalized spacial score (nSPS) is 16.2. The number of benzene rings is 2. The molecule has 1 N–H and O–H groups in total. The molecule has 2 aromatic rings. The Labute approximate surface area is 169 Å². The minimum absolute atomic E-state index is 0.139. The van der Waals surface area contributed by atoms with Crippen LogP contribution in [0.1, 0.15) is 31.2 Å². The standard InChI is InChI=1S/C20H22ClNO3S2/c1-26-14-15-5-4-6-17(13-15)22-19(23)20(11-2-3-12-20)27(24,25)18-9-7-16(21)8-10-18/h4-10,13H,2-3,11-12,14H2,1H3,(H,22,23). The molecule has 0 saturated heterocycles. The lowest BCUT2D eigenvalue weighted by molar-refractivity contribution is -0.118. The maximum atomic E-state index is 13.4. The number of thioether (sulfide) groups is 1. The van der Waals surface area contributed by atoms with Crippen molar-refractivity contribution in [2.45, 2.75) is 41.1 Å². The fraction of sp³-hybridized carbons (Fsp3) is 0.350. The van der Waals surface area contributed by atoms with E-state index in [1.165, 1.54) is 12.1 Å². The van der Waals surface area contributed by atoms with Crippen LogP contribution >= 0.6 is 23.4 Å². The van der Waals surface area contributed by atoms with Crippen LogP contribution in [-0.2, 0) is 20.4 Å². The summed E-state index contributed by atoms with van der Waals surface area (Å²) in [6.45, 7) is 0. The van der Waals surface area contributed by atoms with Gasteiger partial charge in [0.05, 0.1) is 4.90 Å². The SMILES string of the molecule is CSCc1cccc(NC(=O)C2(S(=O)(=O)c3ccc(Cl)cc3)CCCC2)c1. The topological polar surface area (TPSA) is 63.2 Å². The summed E-state index contributed by atoms with van der Waals surface area (Å²) in [5.74, 6) is 0.383. The molecule has 27 heavy (non-hydrogen) atoms. The summed E-state index contributed by atoms with van der Waals surface area (Å²) in [6.07, 6.45) is 4.10. The highest BCUT2D eigenvalue weighted by molar-refractivity contribution is 7.97. The summed E-state index contributed by atoms with van der Waals surface area (Å²) >= 11 is 7.58. The molecular formula is C20H22ClNO3S2. The van der Waals surface area contributed by atoms with E-state index in [0.717, 1.165) is 11.3 Å². The van der Waals surface area contributed by atoms with Crippen LogP contribution in [0.25, 0.3) is 0 Å². The zero-order chi connectivity index (χ0) is 19.5. The summed E-state index contributed by atoms with van der Waals surface area (Å²) in [5.41, 5.74) is 1.71. The van der Waals surface area contributed by atoms with E-state index < -0.39 is 20.5 Å². The smallest absolute Gasteiger partial charge is 0.246 e. The molecule has 0 aliphatic heterocycles. The van der Waals surface area contributed by atoms with E-state index in [0.29, 0.717) is 36.4 Å². The van der Waals surface area contributed by atoms with Crippen LogP contribution in [0.2, 0.25) is 5.02 Å². The predicted molar refractivity (Wildman–Crippen MR) is 112 cm³/mol. The van der Waals surface area contributed by atoms with Crippen molar-refractivity contribution >= 4 is 44.8 Å². The molecule has 7 heteroatoms. The van der Waals surface area contributed by atoms with Gasteiger partial charge in [0.2, 0.25) is 5.91 Å². The second-order valence-electron chi connectivity index (χ2n) is 6.75. The second kappa shape index (κ2) is 8.25. The van der Waals surface area contributed by atoms with Gasteiger partial charge in [-0.3, -0.25) is 4.79 Å². The van der Waals surface area contributed by atoms with Crippen molar-refractivity contribution in [3.8, 4) is 0 Å². The number of amides is 1. The Kier molecular flexibility index (Phi) is 6.18. The fourth-order valence-electron chi connectivity index (χ4n) is 3.55. The highest BCUT2D eigenvalue weighted by Crippen LogP contribution is 2.41. The summed E-state index contributed by atoms with van der Waals surface area (Å²) in [6, 6.07) is 13.6. The van der Waals surface area contributed by atoms with Crippen molar-refractivity contribution in [2.75, 3.05) is 11.6 Å². The summed E-state index contributed by atoms with van der Waals surface area (Å²) in [7, 11) is -3.83. The van der Waals surface area contributed by atoms with Crippen molar-refractivity contribution in [3.05, 3.63) is 59.1 Å². The van der Waals surface area contributed by atoms with E-state index in [1.54, 1.807) is 30.0 Å². The highest BCUT2D eigenvalue weighted by Gasteiger charge is 2.52. The number of anilines is 1. The van der Waals surface area contributed by atoms with Crippen LogP contribution in [0.15, 0.2) is 53.4 Å². The molecule has 0 aromatic heterocycles. The van der Waals surface area contributed by atoms with E-state index >= 15 is 0 Å². The first kappa shape index (κ1) is 20.2. The van der Waals surface area contributed by atoms with Gasteiger partial charge < -0.3 is 5.32 Å². The van der Waals surface area contributed by atoms with Gasteiger partial charge in [-0.1, -0.05) is 36.6 Å². The molecule has 0 atom stereocenters. The molecule has 1 amide bonds. The summed E-state index contributed by atoms with van der Waals surface area (Å²) in [4.78, 5) is 13.3. The Balaban J connectivity index is 1.93. The van der Waals surface area contributed by atoms with Crippen molar-refractivity contribution in [3.63, 3.8) is 0 Å². The van der Waals surface area contributed by atoms with Gasteiger partial charge in [0.25, 0.3) is 0 Å². The number of rotatable bonds is 6. The monoisotopic (exact) mass is 423 g/mol. The molecule has 1 aliphatic carbocycles. The molecular weight excluding hydrogens is 402 g/mol. The first-order valence-corrected chi connectivity index (χ1v) is 12.0. The summed E-state index contributed by atoms with van der Waals surface area (Å²) in [5, 5.41) is 3.32. The molecule has 0 bridgehead atoms. The van der Waals surface area contributed by atoms with Crippen LogP contribution < -0.4 is 5.32 Å². The highest BCUT2D eigenvalue weighted by atomic mass is 35.5. The first-order chi connectivity index (χ1) is 12.9. The van der Waals surface area contributed by atoms with E-state index in [-0.39, 0.29) is 4.90 Å². The van der Waals surface area contributed by atoms with Crippen LogP contribution in [0.4, 0.5) is 5.69 Å². The molecule has 144 valence electrons.